The van der Waals surface area contributed by atoms with Crippen LogP contribution in [-0.4, -0.2) is 31.3 Å². The molecule has 1 aliphatic heterocycles. The Morgan fingerprint density at radius 2 is 2.22 bits per heavy atom. The first kappa shape index (κ1) is 15.9. The largest absolute Gasteiger partial charge is 0.348 e. The van der Waals surface area contributed by atoms with Gasteiger partial charge in [0.1, 0.15) is 11.5 Å². The van der Waals surface area contributed by atoms with Crippen LogP contribution in [0.4, 0.5) is 0 Å². The predicted molar refractivity (Wildman–Crippen MR) is 87.9 cm³/mol. The molecule has 1 unspecified atom stereocenters. The van der Waals surface area contributed by atoms with Gasteiger partial charge in [0.2, 0.25) is 0 Å². The zero-order valence-corrected chi connectivity index (χ0v) is 14.4. The van der Waals surface area contributed by atoms with Crippen LogP contribution in [0.15, 0.2) is 10.2 Å². The maximum absolute atomic E-state index is 12.3. The molecule has 1 N–H and O–H groups in total. The SMILES string of the molecule is CC(C)c1nc(C(=O)NC2CCc3nn(C)c(=O)n3CC2)cs1. The summed E-state index contributed by atoms with van der Waals surface area (Å²) in [6, 6.07) is 0.0399. The van der Waals surface area contributed by atoms with E-state index in [0.717, 1.165) is 23.7 Å². The lowest BCUT2D eigenvalue weighted by Crippen LogP contribution is -2.36. The van der Waals surface area contributed by atoms with Crippen molar-refractivity contribution in [1.29, 1.82) is 0 Å². The standard InChI is InChI=1S/C15H21N5O2S/c1-9(2)14-17-11(8-23-14)13(21)16-10-4-5-12-18-19(3)15(22)20(12)7-6-10/h8-10H,4-7H2,1-3H3,(H,16,21). The molecular weight excluding hydrogens is 314 g/mol. The molecule has 0 spiro atoms. The van der Waals surface area contributed by atoms with Crippen molar-refractivity contribution >= 4 is 17.2 Å². The van der Waals surface area contributed by atoms with E-state index in [1.807, 2.05) is 5.38 Å². The van der Waals surface area contributed by atoms with Crippen LogP contribution < -0.4 is 11.0 Å². The molecule has 0 radical (unpaired) electrons. The fraction of sp³-hybridized carbons (Fsp3) is 0.600. The third-order valence-electron chi connectivity index (χ3n) is 4.09. The van der Waals surface area contributed by atoms with Gasteiger partial charge in [-0.25, -0.2) is 14.5 Å². The molecule has 3 rings (SSSR count). The van der Waals surface area contributed by atoms with E-state index in [-0.39, 0.29) is 17.6 Å². The van der Waals surface area contributed by atoms with Crippen LogP contribution in [0.25, 0.3) is 0 Å². The molecule has 7 nitrogen and oxygen atoms in total. The second-order valence-electron chi connectivity index (χ2n) is 6.20. The number of nitrogens with one attached hydrogen (secondary N) is 1. The molecule has 124 valence electrons. The molecule has 0 aromatic carbocycles. The maximum Gasteiger partial charge on any atom is 0.345 e. The van der Waals surface area contributed by atoms with E-state index in [9.17, 15) is 9.59 Å². The van der Waals surface area contributed by atoms with Gasteiger partial charge in [0.25, 0.3) is 5.91 Å². The van der Waals surface area contributed by atoms with E-state index < -0.39 is 0 Å². The van der Waals surface area contributed by atoms with Gasteiger partial charge in [-0.05, 0) is 12.8 Å². The minimum Gasteiger partial charge on any atom is -0.348 e. The summed E-state index contributed by atoms with van der Waals surface area (Å²) in [4.78, 5) is 28.7. The smallest absolute Gasteiger partial charge is 0.345 e. The second kappa shape index (κ2) is 6.27. The molecule has 0 saturated carbocycles. The molecule has 2 aromatic rings. The monoisotopic (exact) mass is 335 g/mol. The number of hydrogen-bond donors (Lipinski definition) is 1. The van der Waals surface area contributed by atoms with E-state index in [2.05, 4.69) is 29.2 Å². The van der Waals surface area contributed by atoms with Crippen molar-refractivity contribution in [2.75, 3.05) is 0 Å². The first-order valence-corrected chi connectivity index (χ1v) is 8.72. The first-order chi connectivity index (χ1) is 11.0. The van der Waals surface area contributed by atoms with E-state index in [0.29, 0.717) is 24.6 Å². The van der Waals surface area contributed by atoms with Crippen molar-refractivity contribution in [2.24, 2.45) is 7.05 Å². The first-order valence-electron chi connectivity index (χ1n) is 7.84. The van der Waals surface area contributed by atoms with Crippen molar-refractivity contribution in [3.8, 4) is 0 Å². The molecule has 1 amide bonds. The Bertz CT molecular complexity index is 773. The Morgan fingerprint density at radius 3 is 2.91 bits per heavy atom. The van der Waals surface area contributed by atoms with E-state index in [1.54, 1.807) is 11.6 Å². The Hall–Kier alpha value is -1.96. The Labute approximate surface area is 138 Å². The van der Waals surface area contributed by atoms with Crippen LogP contribution in [0, 0.1) is 0 Å². The molecule has 0 saturated heterocycles. The lowest BCUT2D eigenvalue weighted by molar-refractivity contribution is 0.0928. The third kappa shape index (κ3) is 3.21. The summed E-state index contributed by atoms with van der Waals surface area (Å²) >= 11 is 1.52. The molecule has 1 aliphatic rings. The van der Waals surface area contributed by atoms with Crippen LogP contribution in [0.1, 0.15) is 53.9 Å². The minimum atomic E-state index is -0.134. The number of carbonyl (C=O) groups excluding carboxylic acids is 1. The van der Waals surface area contributed by atoms with E-state index in [1.165, 1.54) is 16.0 Å². The molecule has 1 atom stereocenters. The van der Waals surface area contributed by atoms with Gasteiger partial charge < -0.3 is 5.32 Å². The lowest BCUT2D eigenvalue weighted by atomic mass is 10.1. The van der Waals surface area contributed by atoms with Gasteiger partial charge in [-0.1, -0.05) is 13.8 Å². The summed E-state index contributed by atoms with van der Waals surface area (Å²) in [6.45, 7) is 4.71. The van der Waals surface area contributed by atoms with Crippen LogP contribution >= 0.6 is 11.3 Å². The zero-order chi connectivity index (χ0) is 16.6. The maximum atomic E-state index is 12.3. The number of nitrogens with zero attached hydrogens (tertiary/aromatic N) is 4. The van der Waals surface area contributed by atoms with Gasteiger partial charge in [0.15, 0.2) is 0 Å². The number of hydrogen-bond acceptors (Lipinski definition) is 5. The highest BCUT2D eigenvalue weighted by Gasteiger charge is 2.22. The number of carbonyl (C=O) groups is 1. The van der Waals surface area contributed by atoms with Crippen LogP contribution in [0.5, 0.6) is 0 Å². The van der Waals surface area contributed by atoms with Crippen molar-refractivity contribution in [2.45, 2.75) is 51.6 Å². The molecule has 2 aromatic heterocycles. The molecular formula is C15H21N5O2S. The van der Waals surface area contributed by atoms with Gasteiger partial charge in [-0.3, -0.25) is 9.36 Å². The van der Waals surface area contributed by atoms with Crippen molar-refractivity contribution in [1.82, 2.24) is 24.6 Å². The Balaban J connectivity index is 1.65. The Morgan fingerprint density at radius 1 is 1.43 bits per heavy atom. The summed E-state index contributed by atoms with van der Waals surface area (Å²) < 4.78 is 3.07. The zero-order valence-electron chi connectivity index (χ0n) is 13.6. The number of aryl methyl sites for hydroxylation is 2. The number of thiazole rings is 1. The third-order valence-corrected chi connectivity index (χ3v) is 5.23. The summed E-state index contributed by atoms with van der Waals surface area (Å²) in [5, 5.41) is 10.1. The highest BCUT2D eigenvalue weighted by atomic mass is 32.1. The fourth-order valence-electron chi connectivity index (χ4n) is 2.76. The summed E-state index contributed by atoms with van der Waals surface area (Å²) in [6.07, 6.45) is 2.20. The van der Waals surface area contributed by atoms with Crippen molar-refractivity contribution in [3.05, 3.63) is 32.4 Å². The highest BCUT2D eigenvalue weighted by Crippen LogP contribution is 2.19. The summed E-state index contributed by atoms with van der Waals surface area (Å²) in [7, 11) is 1.66. The van der Waals surface area contributed by atoms with Crippen LogP contribution in [0.3, 0.4) is 0 Å². The average molecular weight is 335 g/mol. The molecule has 0 fully saturated rings. The average Bonchev–Trinajstić information content (AvgIpc) is 3.04. The van der Waals surface area contributed by atoms with Gasteiger partial charge in [-0.2, -0.15) is 5.10 Å². The topological polar surface area (TPSA) is 81.8 Å². The molecule has 3 heterocycles. The van der Waals surface area contributed by atoms with Crippen molar-refractivity contribution < 1.29 is 4.79 Å². The molecule has 0 aliphatic carbocycles. The van der Waals surface area contributed by atoms with E-state index in [4.69, 9.17) is 0 Å². The summed E-state index contributed by atoms with van der Waals surface area (Å²) in [5.41, 5.74) is 0.393. The van der Waals surface area contributed by atoms with Gasteiger partial charge in [0.05, 0.1) is 5.01 Å². The molecule has 23 heavy (non-hydrogen) atoms. The summed E-state index contributed by atoms with van der Waals surface area (Å²) in [5.74, 6) is 0.989. The number of rotatable bonds is 3. The molecule has 8 heteroatoms. The number of aromatic nitrogens is 4. The normalized spacial score (nSPS) is 17.8. The minimum absolute atomic E-state index is 0.0399. The lowest BCUT2D eigenvalue weighted by Gasteiger charge is -2.15. The quantitative estimate of drug-likeness (QED) is 0.916. The van der Waals surface area contributed by atoms with Gasteiger partial charge >= 0.3 is 5.69 Å². The Kier molecular flexibility index (Phi) is 4.34. The second-order valence-corrected chi connectivity index (χ2v) is 7.09. The number of amides is 1. The number of fused-ring (bicyclic) bond motifs is 1. The van der Waals surface area contributed by atoms with Gasteiger partial charge in [-0.15, -0.1) is 11.3 Å². The van der Waals surface area contributed by atoms with Crippen LogP contribution in [0.2, 0.25) is 0 Å². The van der Waals surface area contributed by atoms with Crippen molar-refractivity contribution in [3.63, 3.8) is 0 Å². The van der Waals surface area contributed by atoms with E-state index >= 15 is 0 Å². The highest BCUT2D eigenvalue weighted by molar-refractivity contribution is 7.09. The van der Waals surface area contributed by atoms with Gasteiger partial charge in [0, 0.05) is 37.4 Å². The predicted octanol–water partition coefficient (Wildman–Crippen LogP) is 1.30. The molecule has 0 bridgehead atoms. The fourth-order valence-corrected chi connectivity index (χ4v) is 3.57. The van der Waals surface area contributed by atoms with Crippen LogP contribution in [-0.2, 0) is 20.0 Å².